The van der Waals surface area contributed by atoms with Gasteiger partial charge in [0.05, 0.1) is 0 Å². The zero-order chi connectivity index (χ0) is 21.8. The van der Waals surface area contributed by atoms with Crippen molar-refractivity contribution < 1.29 is 28.7 Å². The summed E-state index contributed by atoms with van der Waals surface area (Å²) in [5.74, 6) is -0.454. The zero-order valence-corrected chi connectivity index (χ0v) is 17.4. The van der Waals surface area contributed by atoms with E-state index in [0.717, 1.165) is 19.3 Å². The van der Waals surface area contributed by atoms with Gasteiger partial charge in [-0.25, -0.2) is 4.79 Å². The molecule has 1 aliphatic rings. The first-order valence-electron chi connectivity index (χ1n) is 10.2. The number of amides is 2. The average Bonchev–Trinajstić information content (AvgIpc) is 2.73. The van der Waals surface area contributed by atoms with Gasteiger partial charge >= 0.3 is 12.1 Å². The Hall–Kier alpha value is -3.10. The standard InChI is InChI=1S/C21H29N3O6/c1-3-4-6-11-19(26)23-18-13-12-17(14-28-15(2)25)29-20(18)24-30-21(27)22-16-9-7-5-8-10-16/h5,7-10,17-18H,3-4,6,11-14H2,1-2H3,(H,22,27)(H,23,26)/t17-,18-/m1/s1. The maximum Gasteiger partial charge on any atom is 0.437 e. The molecule has 0 radical (unpaired) electrons. The third-order valence-corrected chi connectivity index (χ3v) is 4.42. The SMILES string of the molecule is CCCCCC(=O)N[C@@H]1CC[C@H](COC(C)=O)OC1=NOC(=O)Nc1ccccc1. The lowest BCUT2D eigenvalue weighted by Crippen LogP contribution is -2.47. The molecule has 1 aromatic rings. The number of ether oxygens (including phenoxy) is 2. The van der Waals surface area contributed by atoms with Gasteiger partial charge in [0.2, 0.25) is 11.8 Å². The fourth-order valence-electron chi connectivity index (χ4n) is 2.89. The summed E-state index contributed by atoms with van der Waals surface area (Å²) < 4.78 is 10.7. The summed E-state index contributed by atoms with van der Waals surface area (Å²) in [7, 11) is 0. The Bertz CT molecular complexity index is 738. The van der Waals surface area contributed by atoms with Crippen LogP contribution in [0, 0.1) is 0 Å². The molecule has 0 bridgehead atoms. The number of carbonyl (C=O) groups excluding carboxylic acids is 3. The molecule has 2 rings (SSSR count). The summed E-state index contributed by atoms with van der Waals surface area (Å²) in [5.41, 5.74) is 0.556. The van der Waals surface area contributed by atoms with E-state index in [-0.39, 0.29) is 18.4 Å². The molecule has 9 nitrogen and oxygen atoms in total. The molecular weight excluding hydrogens is 390 g/mol. The fraction of sp³-hybridized carbons (Fsp3) is 0.524. The second-order valence-electron chi connectivity index (χ2n) is 7.00. The first-order valence-corrected chi connectivity index (χ1v) is 10.2. The summed E-state index contributed by atoms with van der Waals surface area (Å²) >= 11 is 0. The van der Waals surface area contributed by atoms with Crippen LogP contribution in [-0.4, -0.2) is 42.6 Å². The molecule has 164 valence electrons. The van der Waals surface area contributed by atoms with E-state index in [0.29, 0.717) is 24.9 Å². The summed E-state index contributed by atoms with van der Waals surface area (Å²) in [5, 5.41) is 9.23. The zero-order valence-electron chi connectivity index (χ0n) is 17.4. The van der Waals surface area contributed by atoms with Gasteiger partial charge in [-0.2, -0.15) is 0 Å². The van der Waals surface area contributed by atoms with E-state index in [1.54, 1.807) is 24.3 Å². The highest BCUT2D eigenvalue weighted by molar-refractivity contribution is 5.89. The Balaban J connectivity index is 1.98. The van der Waals surface area contributed by atoms with Crippen molar-refractivity contribution in [2.24, 2.45) is 5.16 Å². The lowest BCUT2D eigenvalue weighted by molar-refractivity contribution is -0.144. The van der Waals surface area contributed by atoms with Gasteiger partial charge in [0.15, 0.2) is 0 Å². The third-order valence-electron chi connectivity index (χ3n) is 4.42. The van der Waals surface area contributed by atoms with Crippen molar-refractivity contribution in [3.8, 4) is 0 Å². The van der Waals surface area contributed by atoms with Gasteiger partial charge in [0.25, 0.3) is 0 Å². The van der Waals surface area contributed by atoms with Gasteiger partial charge in [-0.05, 0) is 36.6 Å². The van der Waals surface area contributed by atoms with Gasteiger partial charge in [0.1, 0.15) is 18.8 Å². The summed E-state index contributed by atoms with van der Waals surface area (Å²) in [4.78, 5) is 40.2. The molecule has 2 atom stereocenters. The van der Waals surface area contributed by atoms with Crippen LogP contribution in [-0.2, 0) is 23.9 Å². The quantitative estimate of drug-likeness (QED) is 0.274. The van der Waals surface area contributed by atoms with Crippen molar-refractivity contribution in [1.82, 2.24) is 5.32 Å². The molecule has 1 aromatic carbocycles. The van der Waals surface area contributed by atoms with E-state index < -0.39 is 24.2 Å². The highest BCUT2D eigenvalue weighted by Crippen LogP contribution is 2.18. The van der Waals surface area contributed by atoms with Crippen molar-refractivity contribution in [2.45, 2.75) is 64.5 Å². The van der Waals surface area contributed by atoms with Gasteiger partial charge in [-0.1, -0.05) is 38.0 Å². The highest BCUT2D eigenvalue weighted by Gasteiger charge is 2.31. The molecule has 2 N–H and O–H groups in total. The van der Waals surface area contributed by atoms with Crippen LogP contribution < -0.4 is 10.6 Å². The molecule has 0 spiro atoms. The molecule has 0 unspecified atom stereocenters. The van der Waals surface area contributed by atoms with E-state index in [1.807, 2.05) is 6.07 Å². The molecule has 1 fully saturated rings. The fourth-order valence-corrected chi connectivity index (χ4v) is 2.89. The van der Waals surface area contributed by atoms with Crippen molar-refractivity contribution >= 4 is 29.6 Å². The van der Waals surface area contributed by atoms with Crippen molar-refractivity contribution in [3.05, 3.63) is 30.3 Å². The second kappa shape index (κ2) is 12.5. The summed E-state index contributed by atoms with van der Waals surface area (Å²) in [6.07, 6.45) is 3.07. The second-order valence-corrected chi connectivity index (χ2v) is 7.00. The Labute approximate surface area is 176 Å². The smallest absolute Gasteiger partial charge is 0.437 e. The van der Waals surface area contributed by atoms with Crippen molar-refractivity contribution in [1.29, 1.82) is 0 Å². The Kier molecular flexibility index (Phi) is 9.63. The molecule has 0 saturated carbocycles. The first kappa shape index (κ1) is 23.2. The Morgan fingerprint density at radius 3 is 2.63 bits per heavy atom. The number of hydrogen-bond acceptors (Lipinski definition) is 7. The number of para-hydroxylation sites is 1. The van der Waals surface area contributed by atoms with Crippen LogP contribution in [0.3, 0.4) is 0 Å². The van der Waals surface area contributed by atoms with Crippen LogP contribution in [0.2, 0.25) is 0 Å². The molecule has 9 heteroatoms. The van der Waals surface area contributed by atoms with E-state index in [9.17, 15) is 14.4 Å². The maximum absolute atomic E-state index is 12.2. The minimum atomic E-state index is -0.785. The first-order chi connectivity index (χ1) is 14.5. The van der Waals surface area contributed by atoms with E-state index in [2.05, 4.69) is 22.7 Å². The van der Waals surface area contributed by atoms with Crippen LogP contribution in [0.25, 0.3) is 0 Å². The number of rotatable bonds is 9. The summed E-state index contributed by atoms with van der Waals surface area (Å²) in [6, 6.07) is 8.27. The minimum absolute atomic E-state index is 0.0573. The Morgan fingerprint density at radius 2 is 1.93 bits per heavy atom. The topological polar surface area (TPSA) is 115 Å². The number of nitrogens with zero attached hydrogens (tertiary/aromatic N) is 1. The molecular formula is C21H29N3O6. The van der Waals surface area contributed by atoms with Crippen LogP contribution in [0.1, 0.15) is 52.4 Å². The predicted octanol–water partition coefficient (Wildman–Crippen LogP) is 3.36. The Morgan fingerprint density at radius 1 is 1.17 bits per heavy atom. The molecule has 1 saturated heterocycles. The number of nitrogens with one attached hydrogen (secondary N) is 2. The number of anilines is 1. The van der Waals surface area contributed by atoms with Gasteiger partial charge in [0, 0.05) is 19.0 Å². The normalized spacial score (nSPS) is 19.5. The number of carbonyl (C=O) groups is 3. The van der Waals surface area contributed by atoms with Gasteiger partial charge in [-0.3, -0.25) is 19.7 Å². The van der Waals surface area contributed by atoms with Crippen molar-refractivity contribution in [2.75, 3.05) is 11.9 Å². The van der Waals surface area contributed by atoms with E-state index in [1.165, 1.54) is 6.92 Å². The monoisotopic (exact) mass is 419 g/mol. The number of oxime groups is 1. The maximum atomic E-state index is 12.2. The number of esters is 1. The average molecular weight is 419 g/mol. The van der Waals surface area contributed by atoms with E-state index in [4.69, 9.17) is 14.3 Å². The molecule has 1 aliphatic heterocycles. The molecule has 1 heterocycles. The van der Waals surface area contributed by atoms with Crippen LogP contribution in [0.4, 0.5) is 10.5 Å². The number of benzene rings is 1. The van der Waals surface area contributed by atoms with E-state index >= 15 is 0 Å². The summed E-state index contributed by atoms with van der Waals surface area (Å²) in [6.45, 7) is 3.44. The third kappa shape index (κ3) is 8.50. The van der Waals surface area contributed by atoms with Crippen LogP contribution >= 0.6 is 0 Å². The lowest BCUT2D eigenvalue weighted by Gasteiger charge is -2.30. The number of unbranched alkanes of at least 4 members (excludes halogenated alkanes) is 2. The highest BCUT2D eigenvalue weighted by atomic mass is 16.7. The van der Waals surface area contributed by atoms with Gasteiger partial charge < -0.3 is 14.8 Å². The molecule has 30 heavy (non-hydrogen) atoms. The minimum Gasteiger partial charge on any atom is -0.470 e. The van der Waals surface area contributed by atoms with Crippen molar-refractivity contribution in [3.63, 3.8) is 0 Å². The largest absolute Gasteiger partial charge is 0.470 e. The van der Waals surface area contributed by atoms with Crippen LogP contribution in [0.5, 0.6) is 0 Å². The molecule has 2 amide bonds. The van der Waals surface area contributed by atoms with Crippen LogP contribution in [0.15, 0.2) is 35.5 Å². The number of hydrogen-bond donors (Lipinski definition) is 2. The molecule has 0 aliphatic carbocycles. The molecule has 0 aromatic heterocycles. The van der Waals surface area contributed by atoms with Gasteiger partial charge in [-0.15, -0.1) is 0 Å². The predicted molar refractivity (Wildman–Crippen MR) is 111 cm³/mol. The lowest BCUT2D eigenvalue weighted by atomic mass is 10.0.